The van der Waals surface area contributed by atoms with Crippen LogP contribution >= 0.6 is 34.9 Å². The van der Waals surface area contributed by atoms with Crippen LogP contribution in [0.5, 0.6) is 5.75 Å². The first-order valence-electron chi connectivity index (χ1n) is 9.22. The fourth-order valence-electron chi connectivity index (χ4n) is 3.38. The molecule has 0 atom stereocenters. The number of halogens is 1. The molecule has 8 nitrogen and oxygen atoms in total. The fraction of sp³-hybridized carbons (Fsp3) is 0.150. The molecule has 0 aliphatic carbocycles. The smallest absolute Gasteiger partial charge is 0.267 e. The van der Waals surface area contributed by atoms with Gasteiger partial charge in [-0.05, 0) is 36.8 Å². The van der Waals surface area contributed by atoms with Crippen LogP contribution in [0.15, 0.2) is 52.4 Å². The van der Waals surface area contributed by atoms with Gasteiger partial charge in [-0.3, -0.25) is 9.20 Å². The van der Waals surface area contributed by atoms with Crippen molar-refractivity contribution in [2.75, 3.05) is 7.11 Å². The molecule has 3 aromatic heterocycles. The normalized spacial score (nSPS) is 11.5. The molecular formula is C20H15ClN6O2S2. The van der Waals surface area contributed by atoms with E-state index in [1.54, 1.807) is 17.7 Å². The Bertz CT molecular complexity index is 1490. The first kappa shape index (κ1) is 20.0. The second-order valence-electron chi connectivity index (χ2n) is 6.73. The van der Waals surface area contributed by atoms with Gasteiger partial charge >= 0.3 is 0 Å². The minimum atomic E-state index is -0.192. The lowest BCUT2D eigenvalue weighted by Crippen LogP contribution is -2.22. The summed E-state index contributed by atoms with van der Waals surface area (Å²) in [4.78, 5) is 13.5. The predicted octanol–water partition coefficient (Wildman–Crippen LogP) is 4.15. The summed E-state index contributed by atoms with van der Waals surface area (Å²) < 4.78 is 13.4. The fourth-order valence-corrected chi connectivity index (χ4v) is 5.05. The van der Waals surface area contributed by atoms with E-state index in [2.05, 4.69) is 19.8 Å². The Morgan fingerprint density at radius 2 is 2.00 bits per heavy atom. The molecule has 0 amide bonds. The zero-order valence-electron chi connectivity index (χ0n) is 16.4. The zero-order valence-corrected chi connectivity index (χ0v) is 18.8. The number of thioether (sulfide) groups is 1. The molecule has 0 bridgehead atoms. The Balaban J connectivity index is 1.78. The third-order valence-corrected chi connectivity index (χ3v) is 6.74. The van der Waals surface area contributed by atoms with Crippen LogP contribution in [0.4, 0.5) is 0 Å². The lowest BCUT2D eigenvalue weighted by Gasteiger charge is -2.14. The standard InChI is InChI=1S/C20H15ClN6O2S2/c1-11-7-8-16(29-2)15(9-11)26-18(28)12-5-3-4-6-14(12)27-19(26)23-24-20(27)30-10-13-17(21)31-25-22-13/h3-9H,10H2,1-2H3. The van der Waals surface area contributed by atoms with Crippen molar-refractivity contribution in [3.05, 3.63) is 68.4 Å². The second kappa shape index (κ2) is 7.95. The molecule has 0 aliphatic rings. The summed E-state index contributed by atoms with van der Waals surface area (Å²) in [7, 11) is 1.58. The van der Waals surface area contributed by atoms with Gasteiger partial charge in [-0.1, -0.05) is 46.1 Å². The quantitative estimate of drug-likeness (QED) is 0.356. The first-order valence-corrected chi connectivity index (χ1v) is 11.4. The maximum Gasteiger partial charge on any atom is 0.267 e. The number of aryl methyl sites for hydroxylation is 1. The Morgan fingerprint density at radius 3 is 2.77 bits per heavy atom. The van der Waals surface area contributed by atoms with Crippen LogP contribution in [0, 0.1) is 6.92 Å². The summed E-state index contributed by atoms with van der Waals surface area (Å²) in [5, 5.41) is 14.0. The largest absolute Gasteiger partial charge is 0.495 e. The van der Waals surface area contributed by atoms with Gasteiger partial charge in [-0.25, -0.2) is 4.57 Å². The molecule has 0 N–H and O–H groups in total. The third kappa shape index (κ3) is 3.36. The molecule has 2 aromatic carbocycles. The van der Waals surface area contributed by atoms with Crippen LogP contribution in [-0.2, 0) is 5.75 Å². The molecule has 0 saturated carbocycles. The molecule has 0 aliphatic heterocycles. The number of rotatable bonds is 5. The molecule has 156 valence electrons. The van der Waals surface area contributed by atoms with Crippen LogP contribution in [0.3, 0.4) is 0 Å². The summed E-state index contributed by atoms with van der Waals surface area (Å²) in [6, 6.07) is 13.1. The molecule has 3 heterocycles. The SMILES string of the molecule is COc1ccc(C)cc1-n1c(=O)c2ccccc2n2c(SCc3nnsc3Cl)nnc12. The van der Waals surface area contributed by atoms with Crippen LogP contribution in [-0.4, -0.2) is 35.9 Å². The van der Waals surface area contributed by atoms with E-state index in [1.807, 2.05) is 47.7 Å². The number of benzene rings is 2. The molecule has 5 aromatic rings. The van der Waals surface area contributed by atoms with Crippen molar-refractivity contribution >= 4 is 51.6 Å². The number of aromatic nitrogens is 6. The van der Waals surface area contributed by atoms with Gasteiger partial charge < -0.3 is 4.74 Å². The van der Waals surface area contributed by atoms with E-state index < -0.39 is 0 Å². The van der Waals surface area contributed by atoms with E-state index in [0.29, 0.717) is 43.5 Å². The van der Waals surface area contributed by atoms with Crippen LogP contribution in [0.1, 0.15) is 11.3 Å². The average molecular weight is 471 g/mol. The maximum atomic E-state index is 13.5. The number of methoxy groups -OCH3 is 1. The first-order chi connectivity index (χ1) is 15.1. The highest BCUT2D eigenvalue weighted by Crippen LogP contribution is 2.30. The predicted molar refractivity (Wildman–Crippen MR) is 122 cm³/mol. The van der Waals surface area contributed by atoms with Gasteiger partial charge in [-0.2, -0.15) is 0 Å². The highest BCUT2D eigenvalue weighted by atomic mass is 35.5. The van der Waals surface area contributed by atoms with E-state index >= 15 is 0 Å². The summed E-state index contributed by atoms with van der Waals surface area (Å²) in [5.74, 6) is 1.46. The highest BCUT2D eigenvalue weighted by Gasteiger charge is 2.20. The number of hydrogen-bond donors (Lipinski definition) is 0. The topological polar surface area (TPSA) is 87.2 Å². The Labute approximate surface area is 189 Å². The van der Waals surface area contributed by atoms with Crippen molar-refractivity contribution in [2.24, 2.45) is 0 Å². The van der Waals surface area contributed by atoms with Crippen molar-refractivity contribution in [3.8, 4) is 11.4 Å². The number of fused-ring (bicyclic) bond motifs is 3. The van der Waals surface area contributed by atoms with Crippen LogP contribution in [0.2, 0.25) is 4.34 Å². The molecule has 0 fully saturated rings. The van der Waals surface area contributed by atoms with Gasteiger partial charge in [0.1, 0.15) is 15.8 Å². The molecule has 5 rings (SSSR count). The van der Waals surface area contributed by atoms with Crippen molar-refractivity contribution in [1.82, 2.24) is 28.8 Å². The average Bonchev–Trinajstić information content (AvgIpc) is 3.38. The summed E-state index contributed by atoms with van der Waals surface area (Å²) in [6.07, 6.45) is 0. The number of para-hydroxylation sites is 1. The lowest BCUT2D eigenvalue weighted by atomic mass is 10.2. The summed E-state index contributed by atoms with van der Waals surface area (Å²) in [5.41, 5.74) is 2.82. The monoisotopic (exact) mass is 470 g/mol. The Morgan fingerprint density at radius 1 is 1.16 bits per heavy atom. The van der Waals surface area contributed by atoms with E-state index in [1.165, 1.54) is 11.8 Å². The van der Waals surface area contributed by atoms with E-state index in [-0.39, 0.29) is 5.56 Å². The van der Waals surface area contributed by atoms with Crippen LogP contribution in [0.25, 0.3) is 22.4 Å². The number of ether oxygens (including phenoxy) is 1. The van der Waals surface area contributed by atoms with Crippen molar-refractivity contribution in [1.29, 1.82) is 0 Å². The molecule has 0 saturated heterocycles. The minimum absolute atomic E-state index is 0.192. The van der Waals surface area contributed by atoms with E-state index in [9.17, 15) is 4.79 Å². The molecule has 31 heavy (non-hydrogen) atoms. The van der Waals surface area contributed by atoms with Crippen molar-refractivity contribution in [2.45, 2.75) is 17.8 Å². The molecular weight excluding hydrogens is 456 g/mol. The highest BCUT2D eigenvalue weighted by molar-refractivity contribution is 7.98. The molecule has 0 unspecified atom stereocenters. The third-order valence-electron chi connectivity index (χ3n) is 4.82. The lowest BCUT2D eigenvalue weighted by molar-refractivity contribution is 0.412. The Hall–Kier alpha value is -2.95. The van der Waals surface area contributed by atoms with Crippen molar-refractivity contribution in [3.63, 3.8) is 0 Å². The molecule has 11 heteroatoms. The zero-order chi connectivity index (χ0) is 21.5. The van der Waals surface area contributed by atoms with Gasteiger partial charge in [0, 0.05) is 17.3 Å². The van der Waals surface area contributed by atoms with Gasteiger partial charge in [0.25, 0.3) is 5.56 Å². The maximum absolute atomic E-state index is 13.5. The number of hydrogen-bond acceptors (Lipinski definition) is 8. The minimum Gasteiger partial charge on any atom is -0.495 e. The van der Waals surface area contributed by atoms with Gasteiger partial charge in [0.05, 0.1) is 23.7 Å². The molecule has 0 radical (unpaired) electrons. The van der Waals surface area contributed by atoms with Crippen molar-refractivity contribution < 1.29 is 4.74 Å². The van der Waals surface area contributed by atoms with E-state index in [0.717, 1.165) is 22.6 Å². The second-order valence-corrected chi connectivity index (χ2v) is 9.03. The molecule has 0 spiro atoms. The van der Waals surface area contributed by atoms with Gasteiger partial charge in [-0.15, -0.1) is 15.3 Å². The summed E-state index contributed by atoms with van der Waals surface area (Å²) in [6.45, 7) is 1.96. The van der Waals surface area contributed by atoms with Gasteiger partial charge in [0.2, 0.25) is 5.78 Å². The van der Waals surface area contributed by atoms with Crippen LogP contribution < -0.4 is 10.3 Å². The van der Waals surface area contributed by atoms with Gasteiger partial charge in [0.15, 0.2) is 5.16 Å². The Kier molecular flexibility index (Phi) is 5.12. The number of nitrogens with zero attached hydrogens (tertiary/aromatic N) is 6. The van der Waals surface area contributed by atoms with E-state index in [4.69, 9.17) is 16.3 Å². The summed E-state index contributed by atoms with van der Waals surface area (Å²) >= 11 is 8.72.